The van der Waals surface area contributed by atoms with E-state index < -0.39 is 5.54 Å². The smallest absolute Gasteiger partial charge is 0.240 e. The lowest BCUT2D eigenvalue weighted by molar-refractivity contribution is -0.126. The van der Waals surface area contributed by atoms with Crippen molar-refractivity contribution in [3.63, 3.8) is 0 Å². The molecule has 0 fully saturated rings. The Labute approximate surface area is 119 Å². The standard InChI is InChI=1S/C14H30N2O.ClH/c1-6-10-14(5,15)13(17)16-12(4)9-7-8-11(2)3;/h11-12H,6-10,15H2,1-5H3,(H,16,17);1H. The van der Waals surface area contributed by atoms with Crippen molar-refractivity contribution in [2.24, 2.45) is 11.7 Å². The van der Waals surface area contributed by atoms with Gasteiger partial charge in [0.25, 0.3) is 0 Å². The Morgan fingerprint density at radius 3 is 2.28 bits per heavy atom. The molecule has 0 saturated heterocycles. The number of rotatable bonds is 8. The van der Waals surface area contributed by atoms with Crippen molar-refractivity contribution >= 4 is 18.3 Å². The summed E-state index contributed by atoms with van der Waals surface area (Å²) in [6, 6.07) is 0.223. The van der Waals surface area contributed by atoms with Crippen LogP contribution in [0.3, 0.4) is 0 Å². The molecule has 0 spiro atoms. The van der Waals surface area contributed by atoms with Crippen LogP contribution >= 0.6 is 12.4 Å². The molecule has 0 radical (unpaired) electrons. The number of carbonyl (C=O) groups is 1. The van der Waals surface area contributed by atoms with Crippen LogP contribution in [-0.4, -0.2) is 17.5 Å². The van der Waals surface area contributed by atoms with E-state index in [9.17, 15) is 4.79 Å². The summed E-state index contributed by atoms with van der Waals surface area (Å²) in [4.78, 5) is 11.9. The predicted molar refractivity (Wildman–Crippen MR) is 81.0 cm³/mol. The number of hydrogen-bond acceptors (Lipinski definition) is 2. The fraction of sp³-hybridized carbons (Fsp3) is 0.929. The number of nitrogens with two attached hydrogens (primary N) is 1. The normalized spacial score (nSPS) is 15.7. The minimum atomic E-state index is -0.721. The number of carbonyl (C=O) groups excluding carboxylic acids is 1. The summed E-state index contributed by atoms with van der Waals surface area (Å²) in [5.74, 6) is 0.717. The molecule has 18 heavy (non-hydrogen) atoms. The van der Waals surface area contributed by atoms with Gasteiger partial charge < -0.3 is 11.1 Å². The molecule has 0 rings (SSSR count). The van der Waals surface area contributed by atoms with Gasteiger partial charge in [-0.05, 0) is 32.6 Å². The molecule has 0 aromatic rings. The molecule has 0 aliphatic heterocycles. The zero-order valence-electron chi connectivity index (χ0n) is 12.6. The van der Waals surface area contributed by atoms with E-state index in [0.29, 0.717) is 0 Å². The van der Waals surface area contributed by atoms with Crippen LogP contribution in [0.4, 0.5) is 0 Å². The van der Waals surface area contributed by atoms with E-state index in [1.807, 2.05) is 13.8 Å². The van der Waals surface area contributed by atoms with Gasteiger partial charge in [0.2, 0.25) is 5.91 Å². The van der Waals surface area contributed by atoms with Gasteiger partial charge in [0.15, 0.2) is 0 Å². The summed E-state index contributed by atoms with van der Waals surface area (Å²) in [5, 5.41) is 3.01. The minimum absolute atomic E-state index is 0. The van der Waals surface area contributed by atoms with Crippen LogP contribution in [0.5, 0.6) is 0 Å². The topological polar surface area (TPSA) is 55.1 Å². The van der Waals surface area contributed by atoms with Crippen LogP contribution in [0.25, 0.3) is 0 Å². The van der Waals surface area contributed by atoms with E-state index in [4.69, 9.17) is 5.73 Å². The van der Waals surface area contributed by atoms with Crippen LogP contribution in [0.2, 0.25) is 0 Å². The quantitative estimate of drug-likeness (QED) is 0.716. The van der Waals surface area contributed by atoms with E-state index >= 15 is 0 Å². The molecule has 2 unspecified atom stereocenters. The summed E-state index contributed by atoms with van der Waals surface area (Å²) in [5.41, 5.74) is 5.26. The minimum Gasteiger partial charge on any atom is -0.352 e. The zero-order chi connectivity index (χ0) is 13.5. The molecule has 1 amide bonds. The van der Waals surface area contributed by atoms with Gasteiger partial charge in [-0.15, -0.1) is 12.4 Å². The van der Waals surface area contributed by atoms with Crippen molar-refractivity contribution in [1.29, 1.82) is 0 Å². The van der Waals surface area contributed by atoms with E-state index in [0.717, 1.165) is 31.6 Å². The molecule has 0 aliphatic rings. The highest BCUT2D eigenvalue weighted by atomic mass is 35.5. The van der Waals surface area contributed by atoms with Crippen LogP contribution in [0.1, 0.15) is 66.7 Å². The molecule has 3 nitrogen and oxygen atoms in total. The van der Waals surface area contributed by atoms with Gasteiger partial charge in [0.1, 0.15) is 0 Å². The molecule has 0 bridgehead atoms. The Bertz CT molecular complexity index is 230. The summed E-state index contributed by atoms with van der Waals surface area (Å²) in [6.07, 6.45) is 5.08. The first kappa shape index (κ1) is 20.0. The van der Waals surface area contributed by atoms with Crippen LogP contribution in [0, 0.1) is 5.92 Å². The molecule has 0 heterocycles. The molecule has 110 valence electrons. The summed E-state index contributed by atoms with van der Waals surface area (Å²) in [7, 11) is 0. The number of amides is 1. The molecular weight excluding hydrogens is 248 g/mol. The first-order valence-corrected chi connectivity index (χ1v) is 6.89. The zero-order valence-corrected chi connectivity index (χ0v) is 13.4. The second-order valence-electron chi connectivity index (χ2n) is 5.87. The lowest BCUT2D eigenvalue weighted by atomic mass is 9.95. The fourth-order valence-corrected chi connectivity index (χ4v) is 1.93. The summed E-state index contributed by atoms with van der Waals surface area (Å²) in [6.45, 7) is 10.4. The third-order valence-electron chi connectivity index (χ3n) is 3.08. The first-order chi connectivity index (χ1) is 7.79. The predicted octanol–water partition coefficient (Wildman–Crippen LogP) is 3.26. The van der Waals surface area contributed by atoms with Crippen LogP contribution in [0.15, 0.2) is 0 Å². The molecular formula is C14H31ClN2O. The Morgan fingerprint density at radius 1 is 1.28 bits per heavy atom. The third-order valence-corrected chi connectivity index (χ3v) is 3.08. The summed E-state index contributed by atoms with van der Waals surface area (Å²) >= 11 is 0. The largest absolute Gasteiger partial charge is 0.352 e. The fourth-order valence-electron chi connectivity index (χ4n) is 1.93. The second-order valence-corrected chi connectivity index (χ2v) is 5.87. The van der Waals surface area contributed by atoms with Gasteiger partial charge in [0, 0.05) is 6.04 Å². The van der Waals surface area contributed by atoms with E-state index in [1.165, 1.54) is 6.42 Å². The van der Waals surface area contributed by atoms with Gasteiger partial charge in [-0.1, -0.05) is 40.0 Å². The first-order valence-electron chi connectivity index (χ1n) is 6.89. The van der Waals surface area contributed by atoms with Crippen molar-refractivity contribution in [3.8, 4) is 0 Å². The van der Waals surface area contributed by atoms with Gasteiger partial charge in [-0.3, -0.25) is 4.79 Å². The molecule has 0 aliphatic carbocycles. The SMILES string of the molecule is CCCC(C)(N)C(=O)NC(C)CCCC(C)C.Cl. The maximum absolute atomic E-state index is 11.9. The molecule has 3 N–H and O–H groups in total. The van der Waals surface area contributed by atoms with E-state index in [1.54, 1.807) is 0 Å². The average Bonchev–Trinajstić information content (AvgIpc) is 2.16. The lowest BCUT2D eigenvalue weighted by Crippen LogP contribution is -2.53. The lowest BCUT2D eigenvalue weighted by Gasteiger charge is -2.25. The highest BCUT2D eigenvalue weighted by molar-refractivity contribution is 5.85. The van der Waals surface area contributed by atoms with Crippen molar-refractivity contribution in [2.75, 3.05) is 0 Å². The maximum atomic E-state index is 11.9. The Hall–Kier alpha value is -0.280. The Morgan fingerprint density at radius 2 is 1.83 bits per heavy atom. The number of hydrogen-bond donors (Lipinski definition) is 2. The van der Waals surface area contributed by atoms with Crippen molar-refractivity contribution < 1.29 is 4.79 Å². The monoisotopic (exact) mass is 278 g/mol. The van der Waals surface area contributed by atoms with E-state index in [-0.39, 0.29) is 24.4 Å². The average molecular weight is 279 g/mol. The maximum Gasteiger partial charge on any atom is 0.240 e. The van der Waals surface area contributed by atoms with Gasteiger partial charge in [-0.25, -0.2) is 0 Å². The number of nitrogens with one attached hydrogen (secondary N) is 1. The highest BCUT2D eigenvalue weighted by Crippen LogP contribution is 2.11. The third kappa shape index (κ3) is 8.76. The number of halogens is 1. The molecule has 0 aromatic heterocycles. The summed E-state index contributed by atoms with van der Waals surface area (Å²) < 4.78 is 0. The molecule has 2 atom stereocenters. The molecule has 0 aromatic carbocycles. The Balaban J connectivity index is 0. The van der Waals surface area contributed by atoms with Crippen LogP contribution < -0.4 is 11.1 Å². The molecule has 4 heteroatoms. The van der Waals surface area contributed by atoms with E-state index in [2.05, 4.69) is 26.1 Å². The van der Waals surface area contributed by atoms with Gasteiger partial charge in [-0.2, -0.15) is 0 Å². The van der Waals surface area contributed by atoms with Crippen molar-refractivity contribution in [2.45, 2.75) is 78.3 Å². The van der Waals surface area contributed by atoms with Gasteiger partial charge in [0.05, 0.1) is 5.54 Å². The highest BCUT2D eigenvalue weighted by Gasteiger charge is 2.27. The van der Waals surface area contributed by atoms with Gasteiger partial charge >= 0.3 is 0 Å². The van der Waals surface area contributed by atoms with Crippen molar-refractivity contribution in [1.82, 2.24) is 5.32 Å². The molecule has 0 saturated carbocycles. The van der Waals surface area contributed by atoms with Crippen molar-refractivity contribution in [3.05, 3.63) is 0 Å². The second kappa shape index (κ2) is 9.62. The van der Waals surface area contributed by atoms with Crippen LogP contribution in [-0.2, 0) is 4.79 Å². The Kier molecular flexibility index (Phi) is 10.7.